The summed E-state index contributed by atoms with van der Waals surface area (Å²) in [6, 6.07) is -1.02. The summed E-state index contributed by atoms with van der Waals surface area (Å²) in [4.78, 5) is 22.1. The predicted octanol–water partition coefficient (Wildman–Crippen LogP) is 1.87. The highest BCUT2D eigenvalue weighted by Crippen LogP contribution is 2.16. The van der Waals surface area contributed by atoms with Gasteiger partial charge in [-0.05, 0) is 19.8 Å². The number of hydrogen-bond donors (Lipinski definition) is 3. The second-order valence-corrected chi connectivity index (χ2v) is 4.72. The molecule has 0 aromatic rings. The van der Waals surface area contributed by atoms with E-state index in [9.17, 15) is 9.59 Å². The fraction of sp³-hybridized carbons (Fsp3) is 0.833. The van der Waals surface area contributed by atoms with Gasteiger partial charge in [0, 0.05) is 6.04 Å². The van der Waals surface area contributed by atoms with E-state index in [-0.39, 0.29) is 12.1 Å². The van der Waals surface area contributed by atoms with Gasteiger partial charge in [-0.25, -0.2) is 4.79 Å². The number of urea groups is 1. The lowest BCUT2D eigenvalue weighted by Gasteiger charge is -2.21. The molecule has 0 aromatic carbocycles. The molecule has 0 bridgehead atoms. The van der Waals surface area contributed by atoms with Crippen molar-refractivity contribution in [1.29, 1.82) is 0 Å². The van der Waals surface area contributed by atoms with Crippen LogP contribution in [0.5, 0.6) is 0 Å². The van der Waals surface area contributed by atoms with E-state index >= 15 is 0 Å². The Hall–Kier alpha value is -1.26. The van der Waals surface area contributed by atoms with Crippen LogP contribution in [0.3, 0.4) is 0 Å². The summed E-state index contributed by atoms with van der Waals surface area (Å²) in [5.74, 6) is -1.02. The normalized spacial score (nSPS) is 19.8. The van der Waals surface area contributed by atoms with Gasteiger partial charge >= 0.3 is 12.0 Å². The summed E-state index contributed by atoms with van der Waals surface area (Å²) in [6.45, 7) is 1.46. The zero-order valence-corrected chi connectivity index (χ0v) is 10.4. The Morgan fingerprint density at radius 3 is 2.18 bits per heavy atom. The van der Waals surface area contributed by atoms with E-state index in [0.29, 0.717) is 0 Å². The molecule has 1 unspecified atom stereocenters. The van der Waals surface area contributed by atoms with Crippen LogP contribution in [0, 0.1) is 0 Å². The van der Waals surface area contributed by atoms with Gasteiger partial charge in [-0.15, -0.1) is 0 Å². The van der Waals surface area contributed by atoms with Gasteiger partial charge in [0.15, 0.2) is 0 Å². The summed E-state index contributed by atoms with van der Waals surface area (Å²) < 4.78 is 0. The van der Waals surface area contributed by atoms with Gasteiger partial charge in [-0.3, -0.25) is 4.79 Å². The molecule has 0 aliphatic heterocycles. The van der Waals surface area contributed by atoms with Crippen LogP contribution >= 0.6 is 0 Å². The van der Waals surface area contributed by atoms with Crippen LogP contribution in [0.15, 0.2) is 0 Å². The van der Waals surface area contributed by atoms with Crippen LogP contribution in [0.1, 0.15) is 51.9 Å². The van der Waals surface area contributed by atoms with Crippen molar-refractivity contribution in [1.82, 2.24) is 10.6 Å². The molecule has 5 heteroatoms. The molecule has 0 saturated heterocycles. The summed E-state index contributed by atoms with van der Waals surface area (Å²) in [7, 11) is 0. The smallest absolute Gasteiger partial charge is 0.325 e. The third-order valence-corrected chi connectivity index (χ3v) is 3.16. The van der Waals surface area contributed by atoms with Gasteiger partial charge in [0.25, 0.3) is 0 Å². The van der Waals surface area contributed by atoms with E-state index in [1.54, 1.807) is 0 Å². The van der Waals surface area contributed by atoms with Crippen LogP contribution in [-0.4, -0.2) is 29.2 Å². The maximum absolute atomic E-state index is 11.5. The maximum Gasteiger partial charge on any atom is 0.325 e. The quantitative estimate of drug-likeness (QED) is 0.707. The second kappa shape index (κ2) is 7.14. The molecule has 98 valence electrons. The SMILES string of the molecule is CC(NC(=O)NC1CCCCCCC1)C(=O)O. The Labute approximate surface area is 102 Å². The molecule has 0 spiro atoms. The molecule has 3 N–H and O–H groups in total. The van der Waals surface area contributed by atoms with E-state index in [4.69, 9.17) is 5.11 Å². The molecule has 1 atom stereocenters. The first-order valence-corrected chi connectivity index (χ1v) is 6.39. The molecule has 1 fully saturated rings. The number of rotatable bonds is 3. The van der Waals surface area contributed by atoms with Gasteiger partial charge in [0.2, 0.25) is 0 Å². The van der Waals surface area contributed by atoms with Crippen molar-refractivity contribution >= 4 is 12.0 Å². The third-order valence-electron chi connectivity index (χ3n) is 3.16. The van der Waals surface area contributed by atoms with Crippen LogP contribution in [0.2, 0.25) is 0 Å². The molecular formula is C12H22N2O3. The molecule has 0 heterocycles. The van der Waals surface area contributed by atoms with Crippen molar-refractivity contribution in [3.05, 3.63) is 0 Å². The highest BCUT2D eigenvalue weighted by Gasteiger charge is 2.17. The lowest BCUT2D eigenvalue weighted by molar-refractivity contribution is -0.138. The van der Waals surface area contributed by atoms with Crippen LogP contribution in [-0.2, 0) is 4.79 Å². The molecule has 5 nitrogen and oxygen atoms in total. The highest BCUT2D eigenvalue weighted by atomic mass is 16.4. The number of nitrogens with one attached hydrogen (secondary N) is 2. The molecule has 1 aliphatic carbocycles. The molecule has 1 aliphatic rings. The van der Waals surface area contributed by atoms with Crippen LogP contribution in [0.25, 0.3) is 0 Å². The summed E-state index contributed by atoms with van der Waals surface area (Å²) in [5.41, 5.74) is 0. The predicted molar refractivity (Wildman–Crippen MR) is 64.9 cm³/mol. The summed E-state index contributed by atoms with van der Waals surface area (Å²) in [5, 5.41) is 13.9. The first-order chi connectivity index (χ1) is 8.09. The lowest BCUT2D eigenvalue weighted by Crippen LogP contribution is -2.47. The average Bonchev–Trinajstić information content (AvgIpc) is 2.21. The van der Waals surface area contributed by atoms with Gasteiger partial charge in [-0.2, -0.15) is 0 Å². The number of aliphatic carboxylic acids is 1. The lowest BCUT2D eigenvalue weighted by atomic mass is 9.97. The van der Waals surface area contributed by atoms with Gasteiger partial charge < -0.3 is 15.7 Å². The zero-order chi connectivity index (χ0) is 12.7. The largest absolute Gasteiger partial charge is 0.480 e. The molecule has 0 aromatic heterocycles. The number of amides is 2. The van der Waals surface area contributed by atoms with Gasteiger partial charge in [-0.1, -0.05) is 32.1 Å². The van der Waals surface area contributed by atoms with Crippen LogP contribution in [0.4, 0.5) is 4.79 Å². The Balaban J connectivity index is 2.30. The number of carboxylic acid groups (broad SMARTS) is 1. The highest BCUT2D eigenvalue weighted by molar-refractivity contribution is 5.82. The van der Waals surface area contributed by atoms with Crippen molar-refractivity contribution in [3.63, 3.8) is 0 Å². The molecule has 17 heavy (non-hydrogen) atoms. The average molecular weight is 242 g/mol. The van der Waals surface area contributed by atoms with Crippen molar-refractivity contribution in [3.8, 4) is 0 Å². The summed E-state index contributed by atoms with van der Waals surface area (Å²) in [6.07, 6.45) is 8.01. The number of hydrogen-bond acceptors (Lipinski definition) is 2. The van der Waals surface area contributed by atoms with Gasteiger partial charge in [0.05, 0.1) is 0 Å². The molecule has 0 radical (unpaired) electrons. The first kappa shape index (κ1) is 13.8. The van der Waals surface area contributed by atoms with E-state index in [1.807, 2.05) is 0 Å². The number of carbonyl (C=O) groups is 2. The molecule has 1 saturated carbocycles. The molecular weight excluding hydrogens is 220 g/mol. The summed E-state index contributed by atoms with van der Waals surface area (Å²) >= 11 is 0. The number of carboxylic acids is 1. The fourth-order valence-electron chi connectivity index (χ4n) is 2.09. The zero-order valence-electron chi connectivity index (χ0n) is 10.4. The Morgan fingerprint density at radius 2 is 1.65 bits per heavy atom. The first-order valence-electron chi connectivity index (χ1n) is 6.39. The fourth-order valence-corrected chi connectivity index (χ4v) is 2.09. The Kier molecular flexibility index (Phi) is 5.80. The number of carbonyl (C=O) groups excluding carboxylic acids is 1. The minimum atomic E-state index is -1.02. The minimum absolute atomic E-state index is 0.191. The van der Waals surface area contributed by atoms with E-state index in [1.165, 1.54) is 26.2 Å². The van der Waals surface area contributed by atoms with Crippen molar-refractivity contribution in [2.45, 2.75) is 64.0 Å². The molecule has 2 amide bonds. The minimum Gasteiger partial charge on any atom is -0.480 e. The second-order valence-electron chi connectivity index (χ2n) is 4.72. The van der Waals surface area contributed by atoms with Gasteiger partial charge in [0.1, 0.15) is 6.04 Å². The van der Waals surface area contributed by atoms with E-state index < -0.39 is 12.0 Å². The van der Waals surface area contributed by atoms with Crippen LogP contribution < -0.4 is 10.6 Å². The third kappa shape index (κ3) is 5.56. The topological polar surface area (TPSA) is 78.4 Å². The van der Waals surface area contributed by atoms with E-state index in [0.717, 1.165) is 25.7 Å². The monoisotopic (exact) mass is 242 g/mol. The Morgan fingerprint density at radius 1 is 1.12 bits per heavy atom. The van der Waals surface area contributed by atoms with Crippen molar-refractivity contribution in [2.24, 2.45) is 0 Å². The standard InChI is InChI=1S/C12H22N2O3/c1-9(11(15)16)13-12(17)14-10-7-5-3-2-4-6-8-10/h9-10H,2-8H2,1H3,(H,15,16)(H2,13,14,17). The Bertz CT molecular complexity index is 260. The molecule has 1 rings (SSSR count). The maximum atomic E-state index is 11.5. The van der Waals surface area contributed by atoms with Crippen molar-refractivity contribution in [2.75, 3.05) is 0 Å². The van der Waals surface area contributed by atoms with Crippen molar-refractivity contribution < 1.29 is 14.7 Å². The van der Waals surface area contributed by atoms with E-state index in [2.05, 4.69) is 10.6 Å².